The van der Waals surface area contributed by atoms with Crippen molar-refractivity contribution in [2.45, 2.75) is 6.54 Å². The highest BCUT2D eigenvalue weighted by atomic mass is 35.5. The lowest BCUT2D eigenvalue weighted by Crippen LogP contribution is -2.36. The highest BCUT2D eigenvalue weighted by Crippen LogP contribution is 2.33. The summed E-state index contributed by atoms with van der Waals surface area (Å²) in [6.07, 6.45) is 5.49. The van der Waals surface area contributed by atoms with Gasteiger partial charge in [0.05, 0.1) is 19.8 Å². The van der Waals surface area contributed by atoms with Crippen LogP contribution < -0.4 is 10.2 Å². The molecule has 6 rings (SSSR count). The highest BCUT2D eigenvalue weighted by molar-refractivity contribution is 6.32. The average Bonchev–Trinajstić information content (AvgIpc) is 3.52. The van der Waals surface area contributed by atoms with E-state index in [4.69, 9.17) is 21.3 Å². The maximum Gasteiger partial charge on any atom is 0.181 e. The lowest BCUT2D eigenvalue weighted by atomic mass is 10.0. The molecule has 1 N–H and O–H groups in total. The molecule has 0 bridgehead atoms. The van der Waals surface area contributed by atoms with Crippen LogP contribution in [0.2, 0.25) is 5.15 Å². The molecule has 7 nitrogen and oxygen atoms in total. The first-order valence-corrected chi connectivity index (χ1v) is 11.0. The summed E-state index contributed by atoms with van der Waals surface area (Å²) < 4.78 is 7.31. The number of anilines is 3. The minimum atomic E-state index is 0.532. The van der Waals surface area contributed by atoms with Crippen LogP contribution >= 0.6 is 11.6 Å². The lowest BCUT2D eigenvalue weighted by Gasteiger charge is -2.28. The first kappa shape index (κ1) is 19.3. The molecule has 4 aromatic rings. The van der Waals surface area contributed by atoms with Crippen molar-refractivity contribution < 1.29 is 4.74 Å². The van der Waals surface area contributed by atoms with Crippen LogP contribution in [-0.2, 0) is 11.3 Å². The molecule has 0 aliphatic carbocycles. The Morgan fingerprint density at radius 2 is 1.88 bits per heavy atom. The topological polar surface area (TPSA) is 67.0 Å². The number of benzene rings is 2. The minimum absolute atomic E-state index is 0.532. The predicted octanol–water partition coefficient (Wildman–Crippen LogP) is 4.56. The second-order valence-corrected chi connectivity index (χ2v) is 8.23. The van der Waals surface area contributed by atoms with E-state index >= 15 is 0 Å². The van der Waals surface area contributed by atoms with Gasteiger partial charge in [-0.05, 0) is 41.5 Å². The van der Waals surface area contributed by atoms with Gasteiger partial charge in [0.1, 0.15) is 10.8 Å². The number of aromatic nitrogens is 3. The first-order valence-electron chi connectivity index (χ1n) is 10.6. The number of nitrogens with zero attached hydrogens (tertiary/aromatic N) is 5. The molecule has 0 saturated carbocycles. The van der Waals surface area contributed by atoms with Crippen LogP contribution in [0.4, 0.5) is 17.2 Å². The number of aliphatic imine (C=N–C) groups is 1. The zero-order valence-electron chi connectivity index (χ0n) is 17.3. The Kier molecular flexibility index (Phi) is 4.78. The lowest BCUT2D eigenvalue weighted by molar-refractivity contribution is 0.122. The van der Waals surface area contributed by atoms with Crippen molar-refractivity contribution in [3.63, 3.8) is 0 Å². The van der Waals surface area contributed by atoms with Crippen molar-refractivity contribution in [3.8, 4) is 11.3 Å². The molecule has 2 aliphatic rings. The van der Waals surface area contributed by atoms with Crippen molar-refractivity contribution >= 4 is 40.7 Å². The molecule has 0 unspecified atom stereocenters. The molecule has 1 fully saturated rings. The number of rotatable bonds is 4. The van der Waals surface area contributed by atoms with Gasteiger partial charge in [-0.25, -0.2) is 9.97 Å². The molecule has 2 aromatic carbocycles. The summed E-state index contributed by atoms with van der Waals surface area (Å²) in [6.45, 7) is 4.05. The van der Waals surface area contributed by atoms with Crippen LogP contribution in [0, 0.1) is 0 Å². The fourth-order valence-electron chi connectivity index (χ4n) is 4.20. The Hall–Kier alpha value is -3.42. The van der Waals surface area contributed by atoms with Gasteiger partial charge in [0.15, 0.2) is 11.5 Å². The number of morpholine rings is 1. The van der Waals surface area contributed by atoms with E-state index in [0.717, 1.165) is 43.1 Å². The van der Waals surface area contributed by atoms with E-state index in [0.29, 0.717) is 28.9 Å². The largest absolute Gasteiger partial charge is 0.378 e. The number of imidazole rings is 1. The van der Waals surface area contributed by atoms with Crippen LogP contribution in [0.15, 0.2) is 59.9 Å². The molecule has 0 radical (unpaired) electrons. The van der Waals surface area contributed by atoms with Crippen LogP contribution in [-0.4, -0.2) is 46.9 Å². The van der Waals surface area contributed by atoms with Crippen molar-refractivity contribution in [2.24, 2.45) is 4.99 Å². The Morgan fingerprint density at radius 3 is 2.72 bits per heavy atom. The van der Waals surface area contributed by atoms with Gasteiger partial charge in [0.2, 0.25) is 0 Å². The van der Waals surface area contributed by atoms with Crippen molar-refractivity contribution in [1.29, 1.82) is 0 Å². The monoisotopic (exact) mass is 444 g/mol. The molecule has 0 atom stereocenters. The molecule has 0 spiro atoms. The summed E-state index contributed by atoms with van der Waals surface area (Å²) in [5.41, 5.74) is 6.80. The Balaban J connectivity index is 1.35. The van der Waals surface area contributed by atoms with E-state index in [2.05, 4.69) is 56.6 Å². The van der Waals surface area contributed by atoms with Crippen LogP contribution in [0.1, 0.15) is 11.1 Å². The van der Waals surface area contributed by atoms with Crippen molar-refractivity contribution in [3.05, 3.63) is 71.1 Å². The third kappa shape index (κ3) is 3.39. The fraction of sp³-hybridized carbons (Fsp3) is 0.208. The summed E-state index contributed by atoms with van der Waals surface area (Å²) in [6, 6.07) is 14.6. The van der Waals surface area contributed by atoms with Gasteiger partial charge in [0.25, 0.3) is 0 Å². The van der Waals surface area contributed by atoms with Gasteiger partial charge in [-0.3, -0.25) is 9.39 Å². The fourth-order valence-corrected chi connectivity index (χ4v) is 4.49. The third-order valence-electron chi connectivity index (χ3n) is 5.90. The SMILES string of the molecule is Clc1c(-c2ccc3c(c2)CN=C3)nc(Nc2ccc(N3CCOCC3)cc2)c2nccn12. The summed E-state index contributed by atoms with van der Waals surface area (Å²) in [5, 5.41) is 3.96. The molecular weight excluding hydrogens is 424 g/mol. The first-order chi connectivity index (χ1) is 15.8. The smallest absolute Gasteiger partial charge is 0.181 e. The molecule has 2 aromatic heterocycles. The van der Waals surface area contributed by atoms with Crippen LogP contribution in [0.5, 0.6) is 0 Å². The van der Waals surface area contributed by atoms with E-state index in [1.54, 1.807) is 6.20 Å². The van der Waals surface area contributed by atoms with Crippen LogP contribution in [0.25, 0.3) is 16.9 Å². The molecule has 8 heteroatoms. The second kappa shape index (κ2) is 7.93. The van der Waals surface area contributed by atoms with Crippen LogP contribution in [0.3, 0.4) is 0 Å². The standard InChI is InChI=1S/C24H21ClN6O/c25-22-21(16-1-2-17-14-26-15-18(17)13-16)29-23(24-27-7-8-31(22)24)28-19-3-5-20(6-4-19)30-9-11-32-12-10-30/h1-8,13-14H,9-12,15H2,(H,28,29). The quantitative estimate of drug-likeness (QED) is 0.499. The highest BCUT2D eigenvalue weighted by Gasteiger charge is 2.17. The van der Waals surface area contributed by atoms with E-state index in [-0.39, 0.29) is 0 Å². The number of hydrogen-bond acceptors (Lipinski definition) is 6. The molecular formula is C24H21ClN6O. The number of fused-ring (bicyclic) bond motifs is 2. The van der Waals surface area contributed by atoms with Crippen molar-refractivity contribution in [2.75, 3.05) is 36.5 Å². The molecule has 32 heavy (non-hydrogen) atoms. The number of nitrogens with one attached hydrogen (secondary N) is 1. The van der Waals surface area contributed by atoms with Gasteiger partial charge >= 0.3 is 0 Å². The summed E-state index contributed by atoms with van der Waals surface area (Å²) in [7, 11) is 0. The second-order valence-electron chi connectivity index (χ2n) is 7.88. The molecule has 0 amide bonds. The normalized spacial score (nSPS) is 15.3. The summed E-state index contributed by atoms with van der Waals surface area (Å²) in [5.74, 6) is 0.658. The summed E-state index contributed by atoms with van der Waals surface area (Å²) >= 11 is 6.74. The predicted molar refractivity (Wildman–Crippen MR) is 127 cm³/mol. The number of halogens is 1. The van der Waals surface area contributed by atoms with Gasteiger partial charge in [-0.15, -0.1) is 0 Å². The minimum Gasteiger partial charge on any atom is -0.378 e. The molecule has 160 valence electrons. The molecule has 2 aliphatic heterocycles. The van der Waals surface area contributed by atoms with E-state index in [9.17, 15) is 0 Å². The van der Waals surface area contributed by atoms with Gasteiger partial charge in [0, 0.05) is 48.6 Å². The number of hydrogen-bond donors (Lipinski definition) is 1. The number of ether oxygens (including phenoxy) is 1. The van der Waals surface area contributed by atoms with Gasteiger partial charge < -0.3 is 15.0 Å². The van der Waals surface area contributed by atoms with Gasteiger partial charge in [-0.1, -0.05) is 23.7 Å². The van der Waals surface area contributed by atoms with E-state index < -0.39 is 0 Å². The molecule has 1 saturated heterocycles. The molecule has 4 heterocycles. The average molecular weight is 445 g/mol. The Morgan fingerprint density at radius 1 is 1.03 bits per heavy atom. The maximum absolute atomic E-state index is 6.74. The van der Waals surface area contributed by atoms with Crippen molar-refractivity contribution in [1.82, 2.24) is 14.4 Å². The third-order valence-corrected chi connectivity index (χ3v) is 6.26. The Labute approximate surface area is 190 Å². The summed E-state index contributed by atoms with van der Waals surface area (Å²) in [4.78, 5) is 16.0. The van der Waals surface area contributed by atoms with E-state index in [1.165, 1.54) is 11.3 Å². The van der Waals surface area contributed by atoms with E-state index in [1.807, 2.05) is 22.9 Å². The Bertz CT molecular complexity index is 1320. The zero-order chi connectivity index (χ0) is 21.5. The van der Waals surface area contributed by atoms with Gasteiger partial charge in [-0.2, -0.15) is 0 Å². The maximum atomic E-state index is 6.74. The zero-order valence-corrected chi connectivity index (χ0v) is 18.1.